The Morgan fingerprint density at radius 2 is 2.19 bits per heavy atom. The molecule has 4 atom stereocenters. The predicted molar refractivity (Wildman–Crippen MR) is 88.5 cm³/mol. The summed E-state index contributed by atoms with van der Waals surface area (Å²) in [6, 6.07) is 8.04. The molecule has 3 heteroatoms. The summed E-state index contributed by atoms with van der Waals surface area (Å²) in [7, 11) is 0. The fourth-order valence-corrected chi connectivity index (χ4v) is 4.64. The zero-order chi connectivity index (χ0) is 14.6. The van der Waals surface area contributed by atoms with Crippen molar-refractivity contribution in [3.63, 3.8) is 0 Å². The second kappa shape index (κ2) is 4.85. The number of rotatable bonds is 2. The minimum atomic E-state index is 0.167. The van der Waals surface area contributed by atoms with Crippen LogP contribution in [0.4, 0.5) is 5.69 Å². The Hall–Kier alpha value is -1.32. The molecule has 0 fully saturated rings. The molecule has 3 nitrogen and oxygen atoms in total. The molecule has 1 aliphatic carbocycles. The number of nitrogens with one attached hydrogen (secondary N) is 1. The summed E-state index contributed by atoms with van der Waals surface area (Å²) in [5.74, 6) is 0.659. The van der Waals surface area contributed by atoms with Gasteiger partial charge in [-0.15, -0.1) is 0 Å². The molecule has 0 radical (unpaired) electrons. The Kier molecular flexibility index (Phi) is 3.09. The lowest BCUT2D eigenvalue weighted by Crippen LogP contribution is -2.49. The van der Waals surface area contributed by atoms with E-state index in [9.17, 15) is 0 Å². The largest absolute Gasteiger partial charge is 0.381 e. The van der Waals surface area contributed by atoms with Crippen molar-refractivity contribution in [1.29, 1.82) is 0 Å². The van der Waals surface area contributed by atoms with Crippen molar-refractivity contribution in [2.75, 3.05) is 18.4 Å². The van der Waals surface area contributed by atoms with E-state index in [1.165, 1.54) is 29.7 Å². The van der Waals surface area contributed by atoms with Crippen molar-refractivity contribution in [3.05, 3.63) is 35.4 Å². The van der Waals surface area contributed by atoms with Crippen LogP contribution in [0.2, 0.25) is 0 Å². The molecular weight excluding hydrogens is 258 g/mol. The number of anilines is 1. The van der Waals surface area contributed by atoms with Gasteiger partial charge in [-0.25, -0.2) is 0 Å². The van der Waals surface area contributed by atoms with Gasteiger partial charge in [0.2, 0.25) is 0 Å². The maximum absolute atomic E-state index is 6.27. The van der Waals surface area contributed by atoms with Gasteiger partial charge in [0.05, 0.1) is 0 Å². The third-order valence-corrected chi connectivity index (χ3v) is 5.58. The number of hydrogen-bond donors (Lipinski definition) is 2. The van der Waals surface area contributed by atoms with E-state index in [1.807, 2.05) is 0 Å². The smallest absolute Gasteiger partial charge is 0.0384 e. The third kappa shape index (κ3) is 1.87. The van der Waals surface area contributed by atoms with E-state index in [2.05, 4.69) is 48.3 Å². The highest BCUT2D eigenvalue weighted by Gasteiger charge is 2.43. The second-order valence-corrected chi connectivity index (χ2v) is 6.66. The van der Waals surface area contributed by atoms with Crippen molar-refractivity contribution in [1.82, 2.24) is 4.90 Å². The maximum Gasteiger partial charge on any atom is 0.0384 e. The van der Waals surface area contributed by atoms with Crippen LogP contribution in [0.25, 0.3) is 5.57 Å². The first-order valence-corrected chi connectivity index (χ1v) is 8.34. The molecule has 0 amide bonds. The Balaban J connectivity index is 1.86. The number of hydrogen-bond acceptors (Lipinski definition) is 3. The normalized spacial score (nSPS) is 34.0. The first-order valence-electron chi connectivity index (χ1n) is 8.34. The molecule has 3 aliphatic rings. The molecule has 1 unspecified atom stereocenters. The summed E-state index contributed by atoms with van der Waals surface area (Å²) in [5.41, 5.74) is 12.1. The first-order chi connectivity index (χ1) is 10.2. The third-order valence-electron chi connectivity index (χ3n) is 5.58. The molecule has 3 N–H and O–H groups in total. The molecule has 0 bridgehead atoms. The lowest BCUT2D eigenvalue weighted by atomic mass is 9.73. The molecule has 21 heavy (non-hydrogen) atoms. The molecule has 0 spiro atoms. The highest BCUT2D eigenvalue weighted by Crippen LogP contribution is 2.50. The highest BCUT2D eigenvalue weighted by atomic mass is 15.2. The van der Waals surface area contributed by atoms with Crippen LogP contribution in [-0.4, -0.2) is 36.1 Å². The van der Waals surface area contributed by atoms with Gasteiger partial charge in [-0.05, 0) is 42.2 Å². The molecule has 0 saturated carbocycles. The van der Waals surface area contributed by atoms with Gasteiger partial charge in [0, 0.05) is 36.3 Å². The lowest BCUT2D eigenvalue weighted by molar-refractivity contribution is 0.208. The summed E-state index contributed by atoms with van der Waals surface area (Å²) in [6.45, 7) is 6.63. The highest BCUT2D eigenvalue weighted by molar-refractivity contribution is 5.82. The van der Waals surface area contributed by atoms with Crippen molar-refractivity contribution >= 4 is 11.3 Å². The summed E-state index contributed by atoms with van der Waals surface area (Å²) in [6.07, 6.45) is 4.75. The Labute approximate surface area is 127 Å². The second-order valence-electron chi connectivity index (χ2n) is 6.66. The molecule has 0 aromatic heterocycles. The van der Waals surface area contributed by atoms with E-state index in [0.29, 0.717) is 18.0 Å². The molecule has 1 aromatic carbocycles. The van der Waals surface area contributed by atoms with Gasteiger partial charge in [0.25, 0.3) is 0 Å². The van der Waals surface area contributed by atoms with Gasteiger partial charge >= 0.3 is 0 Å². The topological polar surface area (TPSA) is 41.3 Å². The summed E-state index contributed by atoms with van der Waals surface area (Å²) < 4.78 is 0. The average Bonchev–Trinajstić information content (AvgIpc) is 2.87. The van der Waals surface area contributed by atoms with Crippen LogP contribution in [-0.2, 0) is 0 Å². The number of fused-ring (bicyclic) bond motifs is 2. The van der Waals surface area contributed by atoms with Gasteiger partial charge in [-0.3, -0.25) is 4.90 Å². The molecule has 2 heterocycles. The monoisotopic (exact) mass is 283 g/mol. The zero-order valence-electron chi connectivity index (χ0n) is 13.0. The van der Waals surface area contributed by atoms with Crippen LogP contribution in [0.1, 0.15) is 43.7 Å². The van der Waals surface area contributed by atoms with Crippen LogP contribution in [0.15, 0.2) is 24.3 Å². The Bertz CT molecular complexity index is 592. The number of likely N-dealkylation sites (N-methyl/N-ethyl adjacent to an activating group) is 1. The van der Waals surface area contributed by atoms with Crippen LogP contribution in [0.3, 0.4) is 0 Å². The lowest BCUT2D eigenvalue weighted by Gasteiger charge is -2.43. The SMILES string of the molecule is CCC1Nc2cccc3c2[C@@H]1C[C@@H]1C3=C[C@H](N)CN1CC. The molecule has 2 aliphatic heterocycles. The van der Waals surface area contributed by atoms with Gasteiger partial charge in [-0.1, -0.05) is 32.1 Å². The minimum absolute atomic E-state index is 0.167. The minimum Gasteiger partial charge on any atom is -0.381 e. The Morgan fingerprint density at radius 3 is 2.95 bits per heavy atom. The van der Waals surface area contributed by atoms with Crippen molar-refractivity contribution in [2.24, 2.45) is 5.73 Å². The average molecular weight is 283 g/mol. The van der Waals surface area contributed by atoms with Crippen molar-refractivity contribution in [3.8, 4) is 0 Å². The van der Waals surface area contributed by atoms with Crippen LogP contribution in [0.5, 0.6) is 0 Å². The quantitative estimate of drug-likeness (QED) is 0.877. The summed E-state index contributed by atoms with van der Waals surface area (Å²) in [4.78, 5) is 2.57. The van der Waals surface area contributed by atoms with Gasteiger partial charge in [0.15, 0.2) is 0 Å². The van der Waals surface area contributed by atoms with Crippen molar-refractivity contribution in [2.45, 2.75) is 50.7 Å². The van der Waals surface area contributed by atoms with Gasteiger partial charge in [-0.2, -0.15) is 0 Å². The van der Waals surface area contributed by atoms with E-state index in [1.54, 1.807) is 5.56 Å². The predicted octanol–water partition coefficient (Wildman–Crippen LogP) is 2.79. The van der Waals surface area contributed by atoms with E-state index in [0.717, 1.165) is 13.1 Å². The molecular formula is C18H25N3. The van der Waals surface area contributed by atoms with Crippen LogP contribution < -0.4 is 11.1 Å². The van der Waals surface area contributed by atoms with Gasteiger partial charge < -0.3 is 11.1 Å². The summed E-state index contributed by atoms with van der Waals surface area (Å²) >= 11 is 0. The first kappa shape index (κ1) is 13.4. The number of nitrogens with two attached hydrogens (primary N) is 1. The number of benzene rings is 1. The fourth-order valence-electron chi connectivity index (χ4n) is 4.64. The molecule has 4 rings (SSSR count). The van der Waals surface area contributed by atoms with E-state index < -0.39 is 0 Å². The maximum atomic E-state index is 6.27. The van der Waals surface area contributed by atoms with Crippen molar-refractivity contribution < 1.29 is 0 Å². The van der Waals surface area contributed by atoms with E-state index in [-0.39, 0.29) is 6.04 Å². The van der Waals surface area contributed by atoms with Crippen LogP contribution in [0, 0.1) is 0 Å². The summed E-state index contributed by atoms with van der Waals surface area (Å²) in [5, 5.41) is 3.74. The standard InChI is InChI=1S/C18H25N3/c1-3-15-14-9-17-13(8-11(19)10-21(17)4-2)12-6-5-7-16(20-15)18(12)14/h5-8,11,14-15,17,20H,3-4,9-10,19H2,1-2H3/t11-,14+,15?,17+/m0/s1. The molecule has 1 aromatic rings. The van der Waals surface area contributed by atoms with E-state index >= 15 is 0 Å². The fraction of sp³-hybridized carbons (Fsp3) is 0.556. The molecule has 0 saturated heterocycles. The Morgan fingerprint density at radius 1 is 1.33 bits per heavy atom. The molecule has 112 valence electrons. The number of nitrogens with zero attached hydrogens (tertiary/aromatic N) is 1. The zero-order valence-corrected chi connectivity index (χ0v) is 13.0. The van der Waals surface area contributed by atoms with Crippen LogP contribution >= 0.6 is 0 Å². The van der Waals surface area contributed by atoms with E-state index in [4.69, 9.17) is 5.73 Å². The van der Waals surface area contributed by atoms with Gasteiger partial charge in [0.1, 0.15) is 0 Å².